The molecule has 0 atom stereocenters. The third-order valence-electron chi connectivity index (χ3n) is 5.12. The fourth-order valence-corrected chi connectivity index (χ4v) is 3.92. The molecule has 0 spiro atoms. The average Bonchev–Trinajstić information content (AvgIpc) is 3.27. The number of aryl methyl sites for hydroxylation is 2. The minimum absolute atomic E-state index is 0.0770. The van der Waals surface area contributed by atoms with E-state index in [9.17, 15) is 4.79 Å². The Kier molecular flexibility index (Phi) is 4.04. The molecule has 24 heavy (non-hydrogen) atoms. The second-order valence-corrected chi connectivity index (χ2v) is 6.92. The SMILES string of the molecule is Cc1noc(Cl)c1CC(=O)N1CCC(c2nnc3n2CCC3)CC1. The Hall–Kier alpha value is -1.89. The van der Waals surface area contributed by atoms with Crippen molar-refractivity contribution in [1.29, 1.82) is 0 Å². The molecule has 0 radical (unpaired) electrons. The lowest BCUT2D eigenvalue weighted by Gasteiger charge is -2.31. The van der Waals surface area contributed by atoms with Crippen molar-refractivity contribution in [2.24, 2.45) is 0 Å². The van der Waals surface area contributed by atoms with Crippen LogP contribution < -0.4 is 0 Å². The fraction of sp³-hybridized carbons (Fsp3) is 0.625. The van der Waals surface area contributed by atoms with Gasteiger partial charge in [-0.1, -0.05) is 5.16 Å². The Morgan fingerprint density at radius 3 is 2.79 bits per heavy atom. The van der Waals surface area contributed by atoms with Gasteiger partial charge in [0.05, 0.1) is 12.1 Å². The molecule has 4 heterocycles. The minimum Gasteiger partial charge on any atom is -0.344 e. The average molecular weight is 350 g/mol. The molecule has 2 aromatic rings. The van der Waals surface area contributed by atoms with Gasteiger partial charge in [0.1, 0.15) is 11.6 Å². The first-order valence-corrected chi connectivity index (χ1v) is 8.81. The van der Waals surface area contributed by atoms with Gasteiger partial charge >= 0.3 is 0 Å². The molecule has 2 aromatic heterocycles. The fourth-order valence-electron chi connectivity index (χ4n) is 3.68. The summed E-state index contributed by atoms with van der Waals surface area (Å²) in [4.78, 5) is 14.4. The number of carbonyl (C=O) groups excluding carboxylic acids is 1. The minimum atomic E-state index is 0.0770. The quantitative estimate of drug-likeness (QED) is 0.848. The van der Waals surface area contributed by atoms with Crippen molar-refractivity contribution < 1.29 is 9.32 Å². The summed E-state index contributed by atoms with van der Waals surface area (Å²) in [5.74, 6) is 2.69. The van der Waals surface area contributed by atoms with Gasteiger partial charge in [-0.05, 0) is 37.8 Å². The van der Waals surface area contributed by atoms with Crippen LogP contribution in [0.3, 0.4) is 0 Å². The van der Waals surface area contributed by atoms with Crippen molar-refractivity contribution in [2.75, 3.05) is 13.1 Å². The number of aromatic nitrogens is 4. The molecule has 0 N–H and O–H groups in total. The van der Waals surface area contributed by atoms with Gasteiger partial charge < -0.3 is 14.0 Å². The van der Waals surface area contributed by atoms with E-state index in [-0.39, 0.29) is 17.5 Å². The summed E-state index contributed by atoms with van der Waals surface area (Å²) in [6.45, 7) is 4.32. The lowest BCUT2D eigenvalue weighted by molar-refractivity contribution is -0.131. The topological polar surface area (TPSA) is 77.1 Å². The van der Waals surface area contributed by atoms with Crippen LogP contribution in [0.5, 0.6) is 0 Å². The van der Waals surface area contributed by atoms with Gasteiger partial charge in [0.2, 0.25) is 11.1 Å². The van der Waals surface area contributed by atoms with E-state index >= 15 is 0 Å². The smallest absolute Gasteiger partial charge is 0.229 e. The molecule has 2 aliphatic rings. The number of hydrogen-bond donors (Lipinski definition) is 0. The third-order valence-corrected chi connectivity index (χ3v) is 5.41. The number of fused-ring (bicyclic) bond motifs is 1. The van der Waals surface area contributed by atoms with Crippen molar-refractivity contribution in [3.05, 3.63) is 28.1 Å². The highest BCUT2D eigenvalue weighted by molar-refractivity contribution is 6.29. The van der Waals surface area contributed by atoms with E-state index in [4.69, 9.17) is 16.1 Å². The lowest BCUT2D eigenvalue weighted by atomic mass is 9.95. The first-order chi connectivity index (χ1) is 11.6. The molecular weight excluding hydrogens is 330 g/mol. The number of likely N-dealkylation sites (tertiary alicyclic amines) is 1. The van der Waals surface area contributed by atoms with Gasteiger partial charge in [-0.15, -0.1) is 10.2 Å². The van der Waals surface area contributed by atoms with Crippen molar-refractivity contribution in [2.45, 2.75) is 51.5 Å². The highest BCUT2D eigenvalue weighted by atomic mass is 35.5. The van der Waals surface area contributed by atoms with E-state index in [0.717, 1.165) is 57.0 Å². The van der Waals surface area contributed by atoms with E-state index in [0.29, 0.717) is 17.2 Å². The highest BCUT2D eigenvalue weighted by Gasteiger charge is 2.29. The van der Waals surface area contributed by atoms with E-state index in [1.54, 1.807) is 6.92 Å². The van der Waals surface area contributed by atoms with Crippen molar-refractivity contribution in [3.63, 3.8) is 0 Å². The van der Waals surface area contributed by atoms with Gasteiger partial charge in [0.25, 0.3) is 0 Å². The lowest BCUT2D eigenvalue weighted by Crippen LogP contribution is -2.39. The molecule has 0 saturated carbocycles. The maximum Gasteiger partial charge on any atom is 0.229 e. The zero-order valence-corrected chi connectivity index (χ0v) is 14.4. The van der Waals surface area contributed by atoms with Gasteiger partial charge in [0.15, 0.2) is 0 Å². The number of carbonyl (C=O) groups is 1. The van der Waals surface area contributed by atoms with Crippen molar-refractivity contribution in [1.82, 2.24) is 24.8 Å². The number of halogens is 1. The second kappa shape index (κ2) is 6.20. The van der Waals surface area contributed by atoms with Crippen molar-refractivity contribution >= 4 is 17.5 Å². The van der Waals surface area contributed by atoms with Crippen LogP contribution in [0, 0.1) is 6.92 Å². The molecule has 4 rings (SSSR count). The van der Waals surface area contributed by atoms with E-state index in [1.807, 2.05) is 4.90 Å². The molecule has 1 amide bonds. The Balaban J connectivity index is 1.38. The monoisotopic (exact) mass is 349 g/mol. The maximum absolute atomic E-state index is 12.5. The number of amides is 1. The summed E-state index contributed by atoms with van der Waals surface area (Å²) in [5, 5.41) is 12.7. The van der Waals surface area contributed by atoms with Crippen LogP contribution in [0.15, 0.2) is 4.52 Å². The Labute approximate surface area is 145 Å². The molecule has 8 heteroatoms. The van der Waals surface area contributed by atoms with Crippen LogP contribution in [0.2, 0.25) is 5.22 Å². The first kappa shape index (κ1) is 15.6. The predicted octanol–water partition coefficient (Wildman–Crippen LogP) is 2.12. The molecule has 1 fully saturated rings. The number of hydrogen-bond acceptors (Lipinski definition) is 5. The molecule has 0 bridgehead atoms. The van der Waals surface area contributed by atoms with Crippen LogP contribution in [0.25, 0.3) is 0 Å². The molecule has 0 unspecified atom stereocenters. The Morgan fingerprint density at radius 1 is 1.29 bits per heavy atom. The standard InChI is InChI=1S/C16H20ClN5O2/c1-10-12(15(17)24-20-10)9-14(23)21-7-4-11(5-8-21)16-19-18-13-3-2-6-22(13)16/h11H,2-9H2,1H3. The molecule has 1 saturated heterocycles. The zero-order valence-electron chi connectivity index (χ0n) is 13.7. The number of piperidine rings is 1. The molecule has 0 aromatic carbocycles. The highest BCUT2D eigenvalue weighted by Crippen LogP contribution is 2.30. The van der Waals surface area contributed by atoms with Crippen LogP contribution in [0.1, 0.15) is 48.1 Å². The first-order valence-electron chi connectivity index (χ1n) is 8.44. The van der Waals surface area contributed by atoms with Crippen LogP contribution >= 0.6 is 11.6 Å². The van der Waals surface area contributed by atoms with Crippen LogP contribution in [-0.2, 0) is 24.2 Å². The number of nitrogens with zero attached hydrogens (tertiary/aromatic N) is 5. The molecule has 2 aliphatic heterocycles. The van der Waals surface area contributed by atoms with Gasteiger partial charge in [-0.3, -0.25) is 4.79 Å². The second-order valence-electron chi connectivity index (χ2n) is 6.58. The predicted molar refractivity (Wildman–Crippen MR) is 86.9 cm³/mol. The van der Waals surface area contributed by atoms with E-state index in [2.05, 4.69) is 19.9 Å². The zero-order chi connectivity index (χ0) is 16.7. The molecule has 128 valence electrons. The van der Waals surface area contributed by atoms with Crippen LogP contribution in [0.4, 0.5) is 0 Å². The van der Waals surface area contributed by atoms with Gasteiger partial charge in [-0.2, -0.15) is 0 Å². The number of rotatable bonds is 3. The van der Waals surface area contributed by atoms with Crippen molar-refractivity contribution in [3.8, 4) is 0 Å². The normalized spacial score (nSPS) is 18.2. The summed E-state index contributed by atoms with van der Waals surface area (Å²) in [5.41, 5.74) is 1.38. The Morgan fingerprint density at radius 2 is 2.08 bits per heavy atom. The molecular formula is C16H20ClN5O2. The largest absolute Gasteiger partial charge is 0.344 e. The van der Waals surface area contributed by atoms with E-state index in [1.165, 1.54) is 0 Å². The summed E-state index contributed by atoms with van der Waals surface area (Å²) < 4.78 is 7.19. The third kappa shape index (κ3) is 2.70. The Bertz CT molecular complexity index is 741. The summed E-state index contributed by atoms with van der Waals surface area (Å²) in [6, 6.07) is 0. The van der Waals surface area contributed by atoms with E-state index < -0.39 is 0 Å². The summed E-state index contributed by atoms with van der Waals surface area (Å²) in [7, 11) is 0. The maximum atomic E-state index is 12.5. The molecule has 0 aliphatic carbocycles. The van der Waals surface area contributed by atoms with Gasteiger partial charge in [-0.25, -0.2) is 0 Å². The molecule has 7 nitrogen and oxygen atoms in total. The van der Waals surface area contributed by atoms with Gasteiger partial charge in [0, 0.05) is 37.5 Å². The van der Waals surface area contributed by atoms with Crippen LogP contribution in [-0.4, -0.2) is 43.8 Å². The summed E-state index contributed by atoms with van der Waals surface area (Å²) in [6.07, 6.45) is 4.30. The summed E-state index contributed by atoms with van der Waals surface area (Å²) >= 11 is 5.96.